The number of anilines is 1. The van der Waals surface area contributed by atoms with Crippen LogP contribution in [0.5, 0.6) is 0 Å². The van der Waals surface area contributed by atoms with Crippen LogP contribution in [0.4, 0.5) is 5.82 Å². The molecule has 0 aliphatic carbocycles. The molecule has 0 bridgehead atoms. The number of imidazole rings is 1. The van der Waals surface area contributed by atoms with Gasteiger partial charge in [0.05, 0.1) is 19.0 Å². The highest BCUT2D eigenvalue weighted by molar-refractivity contribution is 7.51. The van der Waals surface area contributed by atoms with Crippen molar-refractivity contribution in [2.75, 3.05) is 26.1 Å². The van der Waals surface area contributed by atoms with Gasteiger partial charge >= 0.3 is 7.60 Å². The van der Waals surface area contributed by atoms with Crippen molar-refractivity contribution in [2.45, 2.75) is 24.9 Å². The Morgan fingerprint density at radius 3 is 3.00 bits per heavy atom. The first-order chi connectivity index (χ1) is 10.9. The SMILES string of the molecule is COC1C[C@@H](n2cnc3c(N)ncnc32)OC1COP(C)(=O)O. The molecule has 3 unspecified atom stereocenters. The topological polar surface area (TPSA) is 135 Å². The van der Waals surface area contributed by atoms with Gasteiger partial charge in [0, 0.05) is 20.2 Å². The van der Waals surface area contributed by atoms with Crippen LogP contribution in [-0.2, 0) is 18.6 Å². The van der Waals surface area contributed by atoms with Gasteiger partial charge in [0.1, 0.15) is 24.2 Å². The largest absolute Gasteiger partial charge is 0.382 e. The number of hydrogen-bond acceptors (Lipinski definition) is 8. The van der Waals surface area contributed by atoms with Gasteiger partial charge in [0.25, 0.3) is 0 Å². The molecular formula is C12H18N5O5P. The van der Waals surface area contributed by atoms with E-state index in [-0.39, 0.29) is 18.9 Å². The number of rotatable bonds is 5. The first-order valence-corrected chi connectivity index (χ1v) is 8.97. The monoisotopic (exact) mass is 343 g/mol. The molecule has 0 amide bonds. The highest BCUT2D eigenvalue weighted by atomic mass is 31.2. The normalized spacial score (nSPS) is 27.3. The van der Waals surface area contributed by atoms with Gasteiger partial charge < -0.3 is 24.6 Å². The maximum Gasteiger partial charge on any atom is 0.325 e. The predicted octanol–water partition coefficient (Wildman–Crippen LogP) is 0.543. The smallest absolute Gasteiger partial charge is 0.325 e. The van der Waals surface area contributed by atoms with Gasteiger partial charge in [-0.25, -0.2) is 15.0 Å². The summed E-state index contributed by atoms with van der Waals surface area (Å²) in [6, 6.07) is 0. The Kier molecular flexibility index (Phi) is 4.35. The second-order valence-electron chi connectivity index (χ2n) is 5.32. The number of aromatic nitrogens is 4. The molecule has 11 heteroatoms. The highest BCUT2D eigenvalue weighted by Crippen LogP contribution is 2.39. The van der Waals surface area contributed by atoms with E-state index in [9.17, 15) is 9.46 Å². The minimum absolute atomic E-state index is 0.0387. The molecule has 4 atom stereocenters. The van der Waals surface area contributed by atoms with Gasteiger partial charge in [-0.15, -0.1) is 0 Å². The standard InChI is InChI=1S/C12H18N5O5P/c1-20-7-3-9(22-8(7)4-21-23(2,18)19)17-6-16-10-11(13)14-5-15-12(10)17/h5-9H,3-4H2,1-2H3,(H,18,19)(H2,13,14,15)/t7?,8?,9-/m0/s1. The molecule has 1 aliphatic rings. The Hall–Kier alpha value is -1.58. The highest BCUT2D eigenvalue weighted by Gasteiger charge is 2.38. The van der Waals surface area contributed by atoms with Crippen molar-refractivity contribution in [3.8, 4) is 0 Å². The lowest BCUT2D eigenvalue weighted by Gasteiger charge is -2.18. The van der Waals surface area contributed by atoms with Gasteiger partial charge in [-0.2, -0.15) is 0 Å². The van der Waals surface area contributed by atoms with Crippen LogP contribution >= 0.6 is 7.60 Å². The number of ether oxygens (including phenoxy) is 2. The van der Waals surface area contributed by atoms with Crippen molar-refractivity contribution < 1.29 is 23.5 Å². The third kappa shape index (κ3) is 3.36. The molecule has 2 aromatic heterocycles. The van der Waals surface area contributed by atoms with E-state index in [1.807, 2.05) is 0 Å². The van der Waals surface area contributed by atoms with E-state index in [0.29, 0.717) is 23.4 Å². The molecule has 0 radical (unpaired) electrons. The van der Waals surface area contributed by atoms with Crippen LogP contribution in [0.3, 0.4) is 0 Å². The lowest BCUT2D eigenvalue weighted by Crippen LogP contribution is -2.27. The minimum Gasteiger partial charge on any atom is -0.382 e. The second-order valence-corrected chi connectivity index (χ2v) is 7.18. The van der Waals surface area contributed by atoms with E-state index >= 15 is 0 Å². The van der Waals surface area contributed by atoms with Crippen LogP contribution in [0.15, 0.2) is 12.7 Å². The molecule has 3 heterocycles. The van der Waals surface area contributed by atoms with Crippen LogP contribution in [-0.4, -0.2) is 57.0 Å². The average molecular weight is 343 g/mol. The van der Waals surface area contributed by atoms with E-state index in [1.54, 1.807) is 18.0 Å². The Bertz CT molecular complexity index is 747. The number of nitrogens with two attached hydrogens (primary N) is 1. The summed E-state index contributed by atoms with van der Waals surface area (Å²) < 4.78 is 29.3. The van der Waals surface area contributed by atoms with Crippen molar-refractivity contribution in [3.05, 3.63) is 12.7 Å². The zero-order valence-electron chi connectivity index (χ0n) is 12.7. The maximum atomic E-state index is 11.3. The molecule has 10 nitrogen and oxygen atoms in total. The molecule has 1 fully saturated rings. The minimum atomic E-state index is -3.57. The lowest BCUT2D eigenvalue weighted by atomic mass is 10.2. The second kappa shape index (κ2) is 6.14. The third-order valence-corrected chi connectivity index (χ3v) is 4.29. The van der Waals surface area contributed by atoms with E-state index in [4.69, 9.17) is 19.7 Å². The fourth-order valence-electron chi connectivity index (χ4n) is 2.56. The van der Waals surface area contributed by atoms with Crippen molar-refractivity contribution in [1.29, 1.82) is 0 Å². The van der Waals surface area contributed by atoms with E-state index in [0.717, 1.165) is 6.66 Å². The predicted molar refractivity (Wildman–Crippen MR) is 80.8 cm³/mol. The van der Waals surface area contributed by atoms with Crippen molar-refractivity contribution in [3.63, 3.8) is 0 Å². The van der Waals surface area contributed by atoms with Crippen molar-refractivity contribution >= 4 is 24.6 Å². The molecule has 0 saturated carbocycles. The maximum absolute atomic E-state index is 11.3. The zero-order chi connectivity index (χ0) is 16.6. The summed E-state index contributed by atoms with van der Waals surface area (Å²) in [5, 5.41) is 0. The van der Waals surface area contributed by atoms with E-state index in [1.165, 1.54) is 6.33 Å². The summed E-state index contributed by atoms with van der Waals surface area (Å²) >= 11 is 0. The van der Waals surface area contributed by atoms with Crippen LogP contribution in [0, 0.1) is 0 Å². The molecule has 23 heavy (non-hydrogen) atoms. The molecule has 126 valence electrons. The quantitative estimate of drug-likeness (QED) is 0.746. The Balaban J connectivity index is 1.81. The van der Waals surface area contributed by atoms with Gasteiger partial charge in [-0.1, -0.05) is 0 Å². The lowest BCUT2D eigenvalue weighted by molar-refractivity contribution is -0.0475. The molecule has 3 N–H and O–H groups in total. The molecule has 3 rings (SSSR count). The van der Waals surface area contributed by atoms with Gasteiger partial charge in [0.2, 0.25) is 0 Å². The molecular weight excluding hydrogens is 325 g/mol. The fraction of sp³-hybridized carbons (Fsp3) is 0.583. The van der Waals surface area contributed by atoms with E-state index < -0.39 is 13.7 Å². The summed E-state index contributed by atoms with van der Waals surface area (Å²) in [5.74, 6) is 0.294. The van der Waals surface area contributed by atoms with Gasteiger partial charge in [0.15, 0.2) is 11.5 Å². The summed E-state index contributed by atoms with van der Waals surface area (Å²) in [6.45, 7) is 1.09. The van der Waals surface area contributed by atoms with E-state index in [2.05, 4.69) is 15.0 Å². The fourth-order valence-corrected chi connectivity index (χ4v) is 2.99. The van der Waals surface area contributed by atoms with Gasteiger partial charge in [-0.05, 0) is 0 Å². The summed E-state index contributed by atoms with van der Waals surface area (Å²) in [5.41, 5.74) is 6.83. The third-order valence-electron chi connectivity index (χ3n) is 3.66. The van der Waals surface area contributed by atoms with Crippen LogP contribution in [0.2, 0.25) is 0 Å². The molecule has 2 aromatic rings. The molecule has 0 spiro atoms. The number of fused-ring (bicyclic) bond motifs is 1. The summed E-state index contributed by atoms with van der Waals surface area (Å²) in [6.07, 6.45) is 2.33. The number of nitrogen functional groups attached to an aromatic ring is 1. The average Bonchev–Trinajstić information content (AvgIpc) is 3.08. The van der Waals surface area contributed by atoms with Crippen molar-refractivity contribution in [2.24, 2.45) is 0 Å². The number of nitrogens with zero attached hydrogens (tertiary/aromatic N) is 4. The van der Waals surface area contributed by atoms with Crippen molar-refractivity contribution in [1.82, 2.24) is 19.5 Å². The molecule has 1 aliphatic heterocycles. The molecule has 1 saturated heterocycles. The summed E-state index contributed by atoms with van der Waals surface area (Å²) in [7, 11) is -2.02. The molecule has 0 aromatic carbocycles. The van der Waals surface area contributed by atoms with Crippen LogP contribution in [0.1, 0.15) is 12.6 Å². The number of hydrogen-bond donors (Lipinski definition) is 2. The Labute approximate surface area is 132 Å². The Morgan fingerprint density at radius 2 is 2.30 bits per heavy atom. The van der Waals surface area contributed by atoms with Gasteiger partial charge in [-0.3, -0.25) is 9.13 Å². The number of methoxy groups -OCH3 is 1. The summed E-state index contributed by atoms with van der Waals surface area (Å²) in [4.78, 5) is 21.5. The van der Waals surface area contributed by atoms with Crippen LogP contribution in [0.25, 0.3) is 11.2 Å². The zero-order valence-corrected chi connectivity index (χ0v) is 13.6. The van der Waals surface area contributed by atoms with Crippen LogP contribution < -0.4 is 5.73 Å². The first-order valence-electron chi connectivity index (χ1n) is 6.95. The first kappa shape index (κ1) is 16.3. The Morgan fingerprint density at radius 1 is 1.52 bits per heavy atom.